The lowest BCUT2D eigenvalue weighted by atomic mass is 10.4. The number of aliphatic hydroxyl groups excluding tert-OH is 1. The molecule has 18 heavy (non-hydrogen) atoms. The Labute approximate surface area is 105 Å². The van der Waals surface area contributed by atoms with Crippen molar-refractivity contribution in [1.29, 1.82) is 0 Å². The lowest BCUT2D eigenvalue weighted by molar-refractivity contribution is -0.182. The van der Waals surface area contributed by atoms with Gasteiger partial charge in [0.15, 0.2) is 0 Å². The summed E-state index contributed by atoms with van der Waals surface area (Å²) in [5, 5.41) is 9.07. The molecule has 0 aromatic rings. The third-order valence-electron chi connectivity index (χ3n) is 2.13. The molecule has 8 heteroatoms. The molecule has 1 N–H and O–H groups in total. The predicted octanol–water partition coefficient (Wildman–Crippen LogP) is 3.69. The van der Waals surface area contributed by atoms with E-state index >= 15 is 0 Å². The third-order valence-corrected chi connectivity index (χ3v) is 4.11. The Morgan fingerprint density at radius 3 is 1.78 bits per heavy atom. The van der Waals surface area contributed by atoms with E-state index in [-0.39, 0.29) is 13.2 Å². The molecule has 0 aliphatic carbocycles. The largest absolute Gasteiger partial charge is 0.426 e. The maximum absolute atomic E-state index is 12.4. The molecule has 4 nitrogen and oxygen atoms in total. The minimum absolute atomic E-state index is 0.132. The molecule has 0 aromatic heterocycles. The summed E-state index contributed by atoms with van der Waals surface area (Å²) in [4.78, 5) is 0. The zero-order valence-electron chi connectivity index (χ0n) is 10.6. The summed E-state index contributed by atoms with van der Waals surface area (Å²) in [7, 11) is -4.56. The highest BCUT2D eigenvalue weighted by Gasteiger charge is 2.53. The van der Waals surface area contributed by atoms with Crippen molar-refractivity contribution < 1.29 is 31.9 Å². The van der Waals surface area contributed by atoms with Crippen LogP contribution < -0.4 is 0 Å². The van der Waals surface area contributed by atoms with Crippen molar-refractivity contribution in [2.45, 2.75) is 51.6 Å². The van der Waals surface area contributed by atoms with Gasteiger partial charge in [-0.1, -0.05) is 26.7 Å². The van der Waals surface area contributed by atoms with Gasteiger partial charge >= 0.3 is 13.8 Å². The fraction of sp³-hybridized carbons (Fsp3) is 1.00. The van der Waals surface area contributed by atoms with E-state index in [1.165, 1.54) is 0 Å². The van der Waals surface area contributed by atoms with Crippen LogP contribution in [0.1, 0.15) is 39.5 Å². The van der Waals surface area contributed by atoms with Crippen molar-refractivity contribution in [3.63, 3.8) is 0 Å². The minimum Gasteiger partial charge on any atom is -0.373 e. The van der Waals surface area contributed by atoms with Gasteiger partial charge in [0, 0.05) is 0 Å². The van der Waals surface area contributed by atoms with Gasteiger partial charge in [-0.25, -0.2) is 0 Å². The lowest BCUT2D eigenvalue weighted by Gasteiger charge is -2.24. The second kappa shape index (κ2) is 8.15. The van der Waals surface area contributed by atoms with Gasteiger partial charge < -0.3 is 14.2 Å². The van der Waals surface area contributed by atoms with Gasteiger partial charge in [0.25, 0.3) is 5.85 Å². The summed E-state index contributed by atoms with van der Waals surface area (Å²) in [6, 6.07) is 0. The highest BCUT2D eigenvalue weighted by Crippen LogP contribution is 2.57. The van der Waals surface area contributed by atoms with E-state index in [0.717, 1.165) is 0 Å². The molecule has 0 saturated carbocycles. The topological polar surface area (TPSA) is 55.8 Å². The van der Waals surface area contributed by atoms with Crippen LogP contribution in [0, 0.1) is 0 Å². The molecule has 0 bridgehead atoms. The van der Waals surface area contributed by atoms with E-state index in [2.05, 4.69) is 9.05 Å². The first-order valence-corrected chi connectivity index (χ1v) is 7.52. The zero-order valence-corrected chi connectivity index (χ0v) is 11.5. The zero-order chi connectivity index (χ0) is 14.2. The van der Waals surface area contributed by atoms with E-state index in [1.54, 1.807) is 0 Å². The first kappa shape index (κ1) is 17.9. The van der Waals surface area contributed by atoms with E-state index in [0.29, 0.717) is 25.7 Å². The summed E-state index contributed by atoms with van der Waals surface area (Å²) < 4.78 is 58.4. The normalized spacial score (nSPS) is 14.8. The number of hydrogen-bond donors (Lipinski definition) is 1. The molecule has 0 spiro atoms. The fourth-order valence-electron chi connectivity index (χ4n) is 1.03. The van der Waals surface area contributed by atoms with Crippen LogP contribution in [0.4, 0.5) is 13.2 Å². The maximum Gasteiger partial charge on any atom is 0.426 e. The highest BCUT2D eigenvalue weighted by molar-refractivity contribution is 7.54. The van der Waals surface area contributed by atoms with Gasteiger partial charge in [-0.2, -0.15) is 13.2 Å². The first-order valence-electron chi connectivity index (χ1n) is 5.91. The molecule has 110 valence electrons. The standard InChI is InChI=1S/C10H20F3O4P/c1-3-5-7-16-18(15,17-8-6-4-2)9(14)10(11,12)13/h9,14H,3-8H2,1-2H3. The Bertz CT molecular complexity index is 256. The predicted molar refractivity (Wildman–Crippen MR) is 61.4 cm³/mol. The van der Waals surface area contributed by atoms with Gasteiger partial charge in [0.1, 0.15) is 0 Å². The van der Waals surface area contributed by atoms with Gasteiger partial charge in [-0.15, -0.1) is 0 Å². The smallest absolute Gasteiger partial charge is 0.373 e. The average Bonchev–Trinajstić information content (AvgIpc) is 2.27. The molecule has 0 rings (SSSR count). The molecule has 0 fully saturated rings. The number of aliphatic hydroxyl groups is 1. The third kappa shape index (κ3) is 6.18. The molecule has 0 aliphatic rings. The lowest BCUT2D eigenvalue weighted by Crippen LogP contribution is -2.30. The summed E-state index contributed by atoms with van der Waals surface area (Å²) in [5.41, 5.74) is 0. The van der Waals surface area contributed by atoms with Gasteiger partial charge in [0.05, 0.1) is 13.2 Å². The van der Waals surface area contributed by atoms with Crippen LogP contribution in [0.5, 0.6) is 0 Å². The summed E-state index contributed by atoms with van der Waals surface area (Å²) >= 11 is 0. The molecule has 0 radical (unpaired) electrons. The molecular weight excluding hydrogens is 272 g/mol. The number of halogens is 3. The quantitative estimate of drug-likeness (QED) is 0.520. The van der Waals surface area contributed by atoms with Crippen LogP contribution in [0.3, 0.4) is 0 Å². The Balaban J connectivity index is 4.63. The molecule has 0 heterocycles. The van der Waals surface area contributed by atoms with Crippen molar-refractivity contribution in [3.8, 4) is 0 Å². The average molecular weight is 292 g/mol. The van der Waals surface area contributed by atoms with Crippen LogP contribution in [-0.4, -0.2) is 30.3 Å². The van der Waals surface area contributed by atoms with Crippen molar-refractivity contribution >= 4 is 7.60 Å². The molecule has 1 atom stereocenters. The van der Waals surface area contributed by atoms with E-state index < -0.39 is 19.6 Å². The SMILES string of the molecule is CCCCOP(=O)(OCCCC)C(O)C(F)(F)F. The van der Waals surface area contributed by atoms with Crippen LogP contribution >= 0.6 is 7.60 Å². The second-order valence-electron chi connectivity index (χ2n) is 3.83. The minimum atomic E-state index is -5.02. The Morgan fingerprint density at radius 1 is 1.11 bits per heavy atom. The van der Waals surface area contributed by atoms with Crippen LogP contribution in [0.2, 0.25) is 0 Å². The Morgan fingerprint density at radius 2 is 1.50 bits per heavy atom. The molecular formula is C10H20F3O4P. The molecule has 0 amide bonds. The van der Waals surface area contributed by atoms with E-state index in [4.69, 9.17) is 5.11 Å². The van der Waals surface area contributed by atoms with Crippen LogP contribution in [0.25, 0.3) is 0 Å². The van der Waals surface area contributed by atoms with Crippen molar-refractivity contribution in [2.24, 2.45) is 0 Å². The van der Waals surface area contributed by atoms with Gasteiger partial charge in [-0.05, 0) is 12.8 Å². The Hall–Kier alpha value is -0.100. The van der Waals surface area contributed by atoms with Gasteiger partial charge in [0.2, 0.25) is 0 Å². The van der Waals surface area contributed by atoms with Crippen molar-refractivity contribution in [2.75, 3.05) is 13.2 Å². The molecule has 0 saturated heterocycles. The van der Waals surface area contributed by atoms with Crippen molar-refractivity contribution in [3.05, 3.63) is 0 Å². The summed E-state index contributed by atoms with van der Waals surface area (Å²) in [6.45, 7) is 3.36. The van der Waals surface area contributed by atoms with Crippen LogP contribution in [0.15, 0.2) is 0 Å². The fourth-order valence-corrected chi connectivity index (χ4v) is 2.51. The molecule has 0 aliphatic heterocycles. The summed E-state index contributed by atoms with van der Waals surface area (Å²) in [6.07, 6.45) is -2.76. The van der Waals surface area contributed by atoms with Gasteiger partial charge in [-0.3, -0.25) is 4.57 Å². The number of alkyl halides is 3. The molecule has 0 aromatic carbocycles. The number of unbranched alkanes of at least 4 members (excludes halogenated alkanes) is 2. The van der Waals surface area contributed by atoms with E-state index in [1.807, 2.05) is 13.8 Å². The Kier molecular flexibility index (Phi) is 8.10. The first-order chi connectivity index (χ1) is 8.28. The molecule has 1 unspecified atom stereocenters. The highest BCUT2D eigenvalue weighted by atomic mass is 31.2. The number of rotatable bonds is 9. The van der Waals surface area contributed by atoms with E-state index in [9.17, 15) is 17.7 Å². The number of hydrogen-bond acceptors (Lipinski definition) is 4. The summed E-state index contributed by atoms with van der Waals surface area (Å²) in [5.74, 6) is -3.08. The van der Waals surface area contributed by atoms with Crippen molar-refractivity contribution in [1.82, 2.24) is 0 Å². The second-order valence-corrected chi connectivity index (χ2v) is 5.91. The maximum atomic E-state index is 12.4. The monoisotopic (exact) mass is 292 g/mol. The van der Waals surface area contributed by atoms with Crippen LogP contribution in [-0.2, 0) is 13.6 Å².